The first-order chi connectivity index (χ1) is 9.47. The van der Waals surface area contributed by atoms with Crippen molar-refractivity contribution in [2.24, 2.45) is 17.6 Å². The second-order valence-corrected chi connectivity index (χ2v) is 5.13. The summed E-state index contributed by atoms with van der Waals surface area (Å²) in [7, 11) is 0. The number of carbonyl (C=O) groups is 1. The Bertz CT molecular complexity index is 447. The molecule has 0 amide bonds. The number of hydrogen-bond donors (Lipinski definition) is 4. The molecule has 0 bridgehead atoms. The number of nitrogens with two attached hydrogens (primary N) is 1. The van der Waals surface area contributed by atoms with E-state index in [2.05, 4.69) is 0 Å². The number of carboxylic acids is 1. The molecule has 0 spiro atoms. The van der Waals surface area contributed by atoms with Crippen molar-refractivity contribution in [1.29, 1.82) is 0 Å². The molecule has 0 fully saturated rings. The van der Waals surface area contributed by atoms with Gasteiger partial charge < -0.3 is 21.1 Å². The molecule has 5 nitrogen and oxygen atoms in total. The van der Waals surface area contributed by atoms with Crippen LogP contribution in [-0.4, -0.2) is 27.8 Å². The second kappa shape index (κ2) is 7.75. The summed E-state index contributed by atoms with van der Waals surface area (Å²) in [6.07, 6.45) is 2.88. The molecule has 112 valence electrons. The van der Waals surface area contributed by atoms with Crippen LogP contribution in [0.25, 0.3) is 0 Å². The van der Waals surface area contributed by atoms with Crippen LogP contribution in [0.3, 0.4) is 0 Å². The molecule has 20 heavy (non-hydrogen) atoms. The van der Waals surface area contributed by atoms with Crippen molar-refractivity contribution in [3.63, 3.8) is 0 Å². The van der Waals surface area contributed by atoms with Crippen molar-refractivity contribution in [2.45, 2.75) is 32.6 Å². The number of hydrogen-bond acceptors (Lipinski definition) is 4. The zero-order valence-electron chi connectivity index (χ0n) is 11.7. The number of benzene rings is 1. The number of aliphatic carboxylic acids is 1. The second-order valence-electron chi connectivity index (χ2n) is 5.13. The van der Waals surface area contributed by atoms with Gasteiger partial charge in [-0.1, -0.05) is 19.4 Å². The number of phenols is 2. The van der Waals surface area contributed by atoms with Crippen LogP contribution in [0.5, 0.6) is 11.5 Å². The lowest BCUT2D eigenvalue weighted by Crippen LogP contribution is -2.26. The van der Waals surface area contributed by atoms with Crippen molar-refractivity contribution >= 4 is 5.97 Å². The Morgan fingerprint density at radius 2 is 2.05 bits per heavy atom. The van der Waals surface area contributed by atoms with E-state index >= 15 is 0 Å². The maximum atomic E-state index is 11.0. The van der Waals surface area contributed by atoms with E-state index in [1.54, 1.807) is 6.07 Å². The van der Waals surface area contributed by atoms with E-state index in [1.807, 2.05) is 6.92 Å². The predicted octanol–water partition coefficient (Wildman–Crippen LogP) is 2.11. The van der Waals surface area contributed by atoms with Gasteiger partial charge in [-0.05, 0) is 36.8 Å². The number of aryl methyl sites for hydroxylation is 1. The molecule has 0 aliphatic rings. The molecule has 0 aromatic heterocycles. The highest BCUT2D eigenvalue weighted by molar-refractivity contribution is 5.70. The fraction of sp³-hybridized carbons (Fsp3) is 0.533. The summed E-state index contributed by atoms with van der Waals surface area (Å²) in [6.45, 7) is 2.17. The van der Waals surface area contributed by atoms with E-state index < -0.39 is 11.9 Å². The summed E-state index contributed by atoms with van der Waals surface area (Å²) < 4.78 is 0. The van der Waals surface area contributed by atoms with Crippen LogP contribution in [0.15, 0.2) is 18.2 Å². The van der Waals surface area contributed by atoms with Crippen LogP contribution in [0.2, 0.25) is 0 Å². The largest absolute Gasteiger partial charge is 0.508 e. The Labute approximate surface area is 119 Å². The lowest BCUT2D eigenvalue weighted by molar-refractivity contribution is -0.142. The highest BCUT2D eigenvalue weighted by Gasteiger charge is 2.20. The van der Waals surface area contributed by atoms with E-state index in [0.29, 0.717) is 12.8 Å². The van der Waals surface area contributed by atoms with Gasteiger partial charge in [0.05, 0.1) is 5.92 Å². The van der Waals surface area contributed by atoms with Gasteiger partial charge in [-0.3, -0.25) is 4.79 Å². The van der Waals surface area contributed by atoms with Gasteiger partial charge in [0.25, 0.3) is 0 Å². The first-order valence-electron chi connectivity index (χ1n) is 6.91. The molecule has 0 heterocycles. The van der Waals surface area contributed by atoms with Crippen LogP contribution in [0.4, 0.5) is 0 Å². The Morgan fingerprint density at radius 3 is 2.55 bits per heavy atom. The minimum Gasteiger partial charge on any atom is -0.508 e. The Kier molecular flexibility index (Phi) is 6.31. The molecular formula is C15H23NO4. The first kappa shape index (κ1) is 16.3. The number of phenolic OH excluding ortho intramolecular Hbond substituents is 2. The first-order valence-corrected chi connectivity index (χ1v) is 6.91. The summed E-state index contributed by atoms with van der Waals surface area (Å²) >= 11 is 0. The van der Waals surface area contributed by atoms with Gasteiger partial charge in [0.15, 0.2) is 0 Å². The van der Waals surface area contributed by atoms with Crippen LogP contribution in [-0.2, 0) is 11.2 Å². The third-order valence-electron chi connectivity index (χ3n) is 3.72. The van der Waals surface area contributed by atoms with Crippen LogP contribution in [0.1, 0.15) is 31.7 Å². The molecule has 1 rings (SSSR count). The van der Waals surface area contributed by atoms with Crippen molar-refractivity contribution < 1.29 is 20.1 Å². The lowest BCUT2D eigenvalue weighted by Gasteiger charge is -2.19. The van der Waals surface area contributed by atoms with E-state index in [0.717, 1.165) is 18.4 Å². The summed E-state index contributed by atoms with van der Waals surface area (Å²) in [4.78, 5) is 11.0. The minimum atomic E-state index is -0.849. The minimum absolute atomic E-state index is 0.0346. The standard InChI is InChI=1S/C15H23NO4/c1-2-10(7-12(9-16)15(19)20)3-4-11-5-6-13(17)8-14(11)18/h5-6,8,10,12,17-18H,2-4,7,9,16H2,1H3,(H,19,20). The van der Waals surface area contributed by atoms with Gasteiger partial charge in [-0.15, -0.1) is 0 Å². The predicted molar refractivity (Wildman–Crippen MR) is 76.7 cm³/mol. The van der Waals surface area contributed by atoms with E-state index in [-0.39, 0.29) is 24.0 Å². The monoisotopic (exact) mass is 281 g/mol. The van der Waals surface area contributed by atoms with Crippen molar-refractivity contribution in [1.82, 2.24) is 0 Å². The lowest BCUT2D eigenvalue weighted by atomic mass is 9.88. The smallest absolute Gasteiger partial charge is 0.307 e. The number of aromatic hydroxyl groups is 2. The molecule has 0 saturated carbocycles. The zero-order valence-corrected chi connectivity index (χ0v) is 11.7. The van der Waals surface area contributed by atoms with Crippen molar-refractivity contribution in [3.8, 4) is 11.5 Å². The quantitative estimate of drug-likeness (QED) is 0.584. The highest BCUT2D eigenvalue weighted by Crippen LogP contribution is 2.27. The van der Waals surface area contributed by atoms with E-state index in [4.69, 9.17) is 10.8 Å². The van der Waals surface area contributed by atoms with Crippen molar-refractivity contribution in [2.75, 3.05) is 6.54 Å². The van der Waals surface area contributed by atoms with E-state index in [9.17, 15) is 15.0 Å². The molecule has 2 unspecified atom stereocenters. The molecule has 1 aromatic rings. The van der Waals surface area contributed by atoms with Gasteiger partial charge in [0, 0.05) is 12.6 Å². The average molecular weight is 281 g/mol. The van der Waals surface area contributed by atoms with Gasteiger partial charge >= 0.3 is 5.97 Å². The van der Waals surface area contributed by atoms with Crippen LogP contribution < -0.4 is 5.73 Å². The molecule has 2 atom stereocenters. The molecular weight excluding hydrogens is 258 g/mol. The van der Waals surface area contributed by atoms with Gasteiger partial charge in [0.1, 0.15) is 11.5 Å². The molecule has 0 aliphatic heterocycles. The Balaban J connectivity index is 2.58. The van der Waals surface area contributed by atoms with Gasteiger partial charge in [0.2, 0.25) is 0 Å². The molecule has 0 aliphatic carbocycles. The average Bonchev–Trinajstić information content (AvgIpc) is 2.40. The van der Waals surface area contributed by atoms with Gasteiger partial charge in [-0.25, -0.2) is 0 Å². The highest BCUT2D eigenvalue weighted by atomic mass is 16.4. The third kappa shape index (κ3) is 4.74. The molecule has 5 heteroatoms. The Hall–Kier alpha value is -1.75. The molecule has 1 aromatic carbocycles. The summed E-state index contributed by atoms with van der Waals surface area (Å²) in [5, 5.41) is 28.0. The van der Waals surface area contributed by atoms with Crippen LogP contribution in [0, 0.1) is 11.8 Å². The maximum absolute atomic E-state index is 11.0. The van der Waals surface area contributed by atoms with Gasteiger partial charge in [-0.2, -0.15) is 0 Å². The van der Waals surface area contributed by atoms with Crippen molar-refractivity contribution in [3.05, 3.63) is 23.8 Å². The maximum Gasteiger partial charge on any atom is 0.307 e. The summed E-state index contributed by atoms with van der Waals surface area (Å²) in [5.74, 6) is -0.986. The third-order valence-corrected chi connectivity index (χ3v) is 3.72. The fourth-order valence-electron chi connectivity index (χ4n) is 2.31. The summed E-state index contributed by atoms with van der Waals surface area (Å²) in [5.41, 5.74) is 6.24. The molecule has 0 saturated heterocycles. The number of rotatable bonds is 8. The fourth-order valence-corrected chi connectivity index (χ4v) is 2.31. The van der Waals surface area contributed by atoms with Crippen LogP contribution >= 0.6 is 0 Å². The topological polar surface area (TPSA) is 104 Å². The molecule has 0 radical (unpaired) electrons. The summed E-state index contributed by atoms with van der Waals surface area (Å²) in [6, 6.07) is 4.54. The van der Waals surface area contributed by atoms with E-state index in [1.165, 1.54) is 12.1 Å². The zero-order chi connectivity index (χ0) is 15.1. The molecule has 5 N–H and O–H groups in total. The normalized spacial score (nSPS) is 13.9. The Morgan fingerprint density at radius 1 is 1.35 bits per heavy atom. The number of carboxylic acid groups (broad SMARTS) is 1. The SMILES string of the molecule is CCC(CCc1ccc(O)cc1O)CC(CN)C(=O)O.